The molecule has 0 aliphatic carbocycles. The topological polar surface area (TPSA) is 21.3 Å². The number of hydrogen-bond donors (Lipinski definition) is 1. The van der Waals surface area contributed by atoms with Gasteiger partial charge >= 0.3 is 0 Å². The first-order valence-electron chi connectivity index (χ1n) is 5.79. The normalized spacial score (nSPS) is 11.8. The van der Waals surface area contributed by atoms with Gasteiger partial charge < -0.3 is 10.1 Å². The van der Waals surface area contributed by atoms with Gasteiger partial charge in [0.05, 0.1) is 14.7 Å². The summed E-state index contributed by atoms with van der Waals surface area (Å²) in [7, 11) is 0.753. The summed E-state index contributed by atoms with van der Waals surface area (Å²) in [6.07, 6.45) is 1.16. The van der Waals surface area contributed by atoms with E-state index in [9.17, 15) is 0 Å². The van der Waals surface area contributed by atoms with Crippen molar-refractivity contribution < 1.29 is 4.74 Å². The summed E-state index contributed by atoms with van der Waals surface area (Å²) in [4.78, 5) is 0. The Morgan fingerprint density at radius 3 is 2.31 bits per heavy atom. The molecule has 0 heterocycles. The number of hydrogen-bond acceptors (Lipinski definition) is 2. The van der Waals surface area contributed by atoms with Gasteiger partial charge in [-0.25, -0.2) is 0 Å². The molecule has 0 amide bonds. The van der Waals surface area contributed by atoms with Gasteiger partial charge in [0, 0.05) is 13.7 Å². The number of benzene rings is 1. The summed E-state index contributed by atoms with van der Waals surface area (Å²) in [5, 5.41) is 3.55. The quantitative estimate of drug-likeness (QED) is 0.768. The van der Waals surface area contributed by atoms with E-state index < -0.39 is 8.07 Å². The Morgan fingerprint density at radius 1 is 1.12 bits per heavy atom. The number of ether oxygens (including phenoxy) is 1. The van der Waals surface area contributed by atoms with Gasteiger partial charge in [-0.2, -0.15) is 0 Å². The fourth-order valence-electron chi connectivity index (χ4n) is 1.60. The first kappa shape index (κ1) is 13.4. The summed E-state index contributed by atoms with van der Waals surface area (Å²) in [5.41, 5.74) is 2.63. The Bertz CT molecular complexity index is 320. The lowest BCUT2D eigenvalue weighted by Crippen LogP contribution is -2.36. The van der Waals surface area contributed by atoms with E-state index in [0.717, 1.165) is 12.7 Å². The van der Waals surface area contributed by atoms with Crippen LogP contribution >= 0.6 is 0 Å². The predicted octanol–water partition coefficient (Wildman–Crippen LogP) is 2.80. The molecule has 16 heavy (non-hydrogen) atoms. The van der Waals surface area contributed by atoms with E-state index in [2.05, 4.69) is 49.2 Å². The van der Waals surface area contributed by atoms with Crippen LogP contribution in [0.2, 0.25) is 19.6 Å². The van der Waals surface area contributed by atoms with E-state index in [4.69, 9.17) is 4.74 Å². The van der Waals surface area contributed by atoms with Crippen molar-refractivity contribution in [1.82, 2.24) is 5.32 Å². The molecule has 0 aliphatic heterocycles. The monoisotopic (exact) mass is 237 g/mol. The van der Waals surface area contributed by atoms with Crippen molar-refractivity contribution in [3.63, 3.8) is 0 Å². The lowest BCUT2D eigenvalue weighted by Gasteiger charge is -2.17. The molecule has 0 atom stereocenters. The average Bonchev–Trinajstić information content (AvgIpc) is 2.19. The molecule has 0 spiro atoms. The minimum Gasteiger partial charge on any atom is -0.380 e. The third-order valence-corrected chi connectivity index (χ3v) is 3.70. The zero-order chi connectivity index (χ0) is 12.0. The van der Waals surface area contributed by atoms with Crippen molar-refractivity contribution in [2.45, 2.75) is 32.8 Å². The fourth-order valence-corrected chi connectivity index (χ4v) is 2.47. The van der Waals surface area contributed by atoms with Crippen LogP contribution in [0.3, 0.4) is 0 Å². The van der Waals surface area contributed by atoms with Gasteiger partial charge in [-0.05, 0) is 17.3 Å². The number of nitrogens with one attached hydrogen (secondary N) is 1. The molecule has 0 radical (unpaired) electrons. The van der Waals surface area contributed by atoms with Crippen molar-refractivity contribution >= 4 is 8.07 Å². The van der Waals surface area contributed by atoms with E-state index >= 15 is 0 Å². The summed E-state index contributed by atoms with van der Waals surface area (Å²) in [5.74, 6) is 0. The third-order valence-electron chi connectivity index (χ3n) is 2.39. The van der Waals surface area contributed by atoms with Crippen molar-refractivity contribution in [2.75, 3.05) is 13.3 Å². The van der Waals surface area contributed by atoms with Gasteiger partial charge in [0.2, 0.25) is 0 Å². The van der Waals surface area contributed by atoms with Gasteiger partial charge in [-0.3, -0.25) is 0 Å². The van der Waals surface area contributed by atoms with E-state index in [1.54, 1.807) is 7.11 Å². The van der Waals surface area contributed by atoms with Crippen LogP contribution in [-0.2, 0) is 17.9 Å². The van der Waals surface area contributed by atoms with E-state index in [0.29, 0.717) is 6.61 Å². The minimum absolute atomic E-state index is 0.699. The molecule has 0 saturated heterocycles. The first-order chi connectivity index (χ1) is 7.53. The highest BCUT2D eigenvalue weighted by atomic mass is 28.3. The molecule has 2 nitrogen and oxygen atoms in total. The zero-order valence-corrected chi connectivity index (χ0v) is 11.8. The van der Waals surface area contributed by atoms with Crippen molar-refractivity contribution in [3.05, 3.63) is 35.4 Å². The molecule has 1 rings (SSSR count). The zero-order valence-electron chi connectivity index (χ0n) is 10.8. The maximum Gasteiger partial charge on any atom is 0.0716 e. The van der Waals surface area contributed by atoms with Crippen molar-refractivity contribution in [3.8, 4) is 0 Å². The maximum absolute atomic E-state index is 5.20. The summed E-state index contributed by atoms with van der Waals surface area (Å²) >= 11 is 0. The van der Waals surface area contributed by atoms with Crippen LogP contribution in [0.5, 0.6) is 0 Å². The average molecular weight is 237 g/mol. The Balaban J connectivity index is 2.52. The van der Waals surface area contributed by atoms with Crippen molar-refractivity contribution in [2.24, 2.45) is 0 Å². The van der Waals surface area contributed by atoms with Crippen LogP contribution in [0, 0.1) is 0 Å². The second-order valence-corrected chi connectivity index (χ2v) is 10.8. The van der Waals surface area contributed by atoms with Crippen LogP contribution < -0.4 is 5.32 Å². The summed E-state index contributed by atoms with van der Waals surface area (Å²) in [6, 6.07) is 8.46. The third kappa shape index (κ3) is 4.92. The first-order valence-corrected chi connectivity index (χ1v) is 9.50. The molecule has 0 fully saturated rings. The van der Waals surface area contributed by atoms with Gasteiger partial charge in [-0.1, -0.05) is 43.9 Å². The molecular weight excluding hydrogens is 214 g/mol. The fraction of sp³-hybridized carbons (Fsp3) is 0.538. The Kier molecular flexibility index (Phi) is 5.18. The van der Waals surface area contributed by atoms with Gasteiger partial charge in [0.25, 0.3) is 0 Å². The summed E-state index contributed by atoms with van der Waals surface area (Å²) < 4.78 is 5.20. The van der Waals surface area contributed by atoms with Crippen molar-refractivity contribution in [1.29, 1.82) is 0 Å². The lowest BCUT2D eigenvalue weighted by molar-refractivity contribution is 0.184. The molecule has 90 valence electrons. The maximum atomic E-state index is 5.20. The number of rotatable bonds is 6. The molecule has 0 saturated carbocycles. The highest BCUT2D eigenvalue weighted by Gasteiger charge is 2.12. The van der Waals surface area contributed by atoms with Crippen LogP contribution in [-0.4, -0.2) is 21.4 Å². The minimum atomic E-state index is -0.989. The second-order valence-electron chi connectivity index (χ2n) is 5.37. The van der Waals surface area contributed by atoms with E-state index in [1.807, 2.05) is 0 Å². The molecule has 3 heteroatoms. The Morgan fingerprint density at radius 2 is 1.75 bits per heavy atom. The highest BCUT2D eigenvalue weighted by molar-refractivity contribution is 6.76. The van der Waals surface area contributed by atoms with E-state index in [1.165, 1.54) is 11.1 Å². The van der Waals surface area contributed by atoms with Crippen LogP contribution in [0.15, 0.2) is 24.3 Å². The molecule has 0 aliphatic rings. The second kappa shape index (κ2) is 6.18. The van der Waals surface area contributed by atoms with Gasteiger partial charge in [0.15, 0.2) is 0 Å². The number of methoxy groups -OCH3 is 1. The predicted molar refractivity (Wildman–Crippen MR) is 72.2 cm³/mol. The molecule has 0 bridgehead atoms. The smallest absolute Gasteiger partial charge is 0.0716 e. The molecular formula is C13H23NOSi. The Hall–Kier alpha value is -0.643. The Labute approximate surface area is 100 Å². The van der Waals surface area contributed by atoms with E-state index in [-0.39, 0.29) is 0 Å². The molecule has 1 aromatic rings. The molecule has 1 aromatic carbocycles. The van der Waals surface area contributed by atoms with Crippen LogP contribution in [0.1, 0.15) is 11.1 Å². The van der Waals surface area contributed by atoms with Crippen LogP contribution in [0.4, 0.5) is 0 Å². The largest absolute Gasteiger partial charge is 0.380 e. The van der Waals surface area contributed by atoms with Gasteiger partial charge in [-0.15, -0.1) is 0 Å². The standard InChI is InChI=1S/C13H23NOSi/c1-15-10-13-8-6-5-7-12(13)9-14-11-16(2,3)4/h5-8,14H,9-11H2,1-4H3. The SMILES string of the molecule is COCc1ccccc1CNC[Si](C)(C)C. The van der Waals surface area contributed by atoms with Crippen LogP contribution in [0.25, 0.3) is 0 Å². The lowest BCUT2D eigenvalue weighted by atomic mass is 10.1. The summed E-state index contributed by atoms with van der Waals surface area (Å²) in [6.45, 7) is 8.78. The van der Waals surface area contributed by atoms with Gasteiger partial charge in [0.1, 0.15) is 0 Å². The molecule has 0 aromatic heterocycles. The molecule has 1 N–H and O–H groups in total. The highest BCUT2D eigenvalue weighted by Crippen LogP contribution is 2.09. The molecule has 0 unspecified atom stereocenters.